The van der Waals surface area contributed by atoms with Crippen molar-refractivity contribution >= 4 is 11.6 Å². The number of rotatable bonds is 7. The highest BCUT2D eigenvalue weighted by atomic mass is 16.5. The fourth-order valence-corrected chi connectivity index (χ4v) is 2.94. The molecule has 3 aromatic rings. The number of imidazole rings is 1. The summed E-state index contributed by atoms with van der Waals surface area (Å²) in [7, 11) is 3.21. The van der Waals surface area contributed by atoms with Gasteiger partial charge in [-0.1, -0.05) is 12.1 Å². The molecule has 0 bridgehead atoms. The summed E-state index contributed by atoms with van der Waals surface area (Å²) in [6.07, 6.45) is 3.00. The van der Waals surface area contributed by atoms with Crippen molar-refractivity contribution in [3.05, 3.63) is 59.5 Å². The number of aromatic nitrogens is 2. The van der Waals surface area contributed by atoms with Crippen molar-refractivity contribution in [2.24, 2.45) is 0 Å². The average Bonchev–Trinajstić information content (AvgIpc) is 2.99. The summed E-state index contributed by atoms with van der Waals surface area (Å²) in [5, 5.41) is 2.98. The molecular weight excluding hydrogens is 330 g/mol. The Labute approximate surface area is 152 Å². The fourth-order valence-electron chi connectivity index (χ4n) is 2.94. The first-order valence-electron chi connectivity index (χ1n) is 8.52. The molecule has 0 saturated carbocycles. The first-order chi connectivity index (χ1) is 12.6. The summed E-state index contributed by atoms with van der Waals surface area (Å²) in [5.41, 5.74) is 3.85. The first-order valence-corrected chi connectivity index (χ1v) is 8.52. The summed E-state index contributed by atoms with van der Waals surface area (Å²) < 4.78 is 12.5. The van der Waals surface area contributed by atoms with Crippen LogP contribution in [-0.2, 0) is 17.8 Å². The van der Waals surface area contributed by atoms with Crippen LogP contribution in [0.1, 0.15) is 23.4 Å². The Morgan fingerprint density at radius 1 is 1.15 bits per heavy atom. The molecule has 2 heterocycles. The van der Waals surface area contributed by atoms with E-state index in [0.29, 0.717) is 30.9 Å². The van der Waals surface area contributed by atoms with Crippen molar-refractivity contribution in [2.75, 3.05) is 14.2 Å². The van der Waals surface area contributed by atoms with Gasteiger partial charge in [0, 0.05) is 12.6 Å². The van der Waals surface area contributed by atoms with Crippen LogP contribution in [0.2, 0.25) is 0 Å². The summed E-state index contributed by atoms with van der Waals surface area (Å²) in [5.74, 6) is 1.36. The number of hydrogen-bond donors (Lipinski definition) is 1. The van der Waals surface area contributed by atoms with E-state index < -0.39 is 0 Å². The van der Waals surface area contributed by atoms with Gasteiger partial charge in [0.15, 0.2) is 11.5 Å². The molecule has 0 unspecified atom stereocenters. The van der Waals surface area contributed by atoms with Crippen LogP contribution in [0.4, 0.5) is 0 Å². The van der Waals surface area contributed by atoms with Crippen LogP contribution in [0.25, 0.3) is 5.65 Å². The van der Waals surface area contributed by atoms with Crippen molar-refractivity contribution in [3.8, 4) is 11.5 Å². The molecule has 26 heavy (non-hydrogen) atoms. The van der Waals surface area contributed by atoms with Crippen LogP contribution in [0.5, 0.6) is 11.5 Å². The Balaban J connectivity index is 1.58. The van der Waals surface area contributed by atoms with E-state index in [-0.39, 0.29) is 5.91 Å². The quantitative estimate of drug-likeness (QED) is 0.709. The molecule has 0 aliphatic carbocycles. The molecule has 0 atom stereocenters. The van der Waals surface area contributed by atoms with E-state index in [9.17, 15) is 4.79 Å². The molecule has 6 heteroatoms. The molecule has 1 N–H and O–H groups in total. The average molecular weight is 353 g/mol. The maximum absolute atomic E-state index is 12.2. The maximum atomic E-state index is 12.2. The predicted molar refractivity (Wildman–Crippen MR) is 99.6 cm³/mol. The second-order valence-electron chi connectivity index (χ2n) is 6.04. The number of nitrogens with one attached hydrogen (secondary N) is 1. The van der Waals surface area contributed by atoms with Gasteiger partial charge in [-0.3, -0.25) is 4.79 Å². The standard InChI is InChI=1S/C20H23N3O3/c1-14-16(23-11-5-4-6-19(23)22-14)13-21-20(24)10-8-15-7-9-17(25-2)18(12-15)26-3/h4-7,9,11-12H,8,10,13H2,1-3H3,(H,21,24). The van der Waals surface area contributed by atoms with E-state index in [1.807, 2.05) is 53.9 Å². The van der Waals surface area contributed by atoms with Gasteiger partial charge in [-0.25, -0.2) is 4.98 Å². The van der Waals surface area contributed by atoms with Gasteiger partial charge in [-0.05, 0) is 43.2 Å². The van der Waals surface area contributed by atoms with Crippen LogP contribution in [0, 0.1) is 6.92 Å². The number of carbonyl (C=O) groups excluding carboxylic acids is 1. The van der Waals surface area contributed by atoms with E-state index in [2.05, 4.69) is 10.3 Å². The van der Waals surface area contributed by atoms with Gasteiger partial charge in [0.2, 0.25) is 5.91 Å². The zero-order valence-corrected chi connectivity index (χ0v) is 15.3. The maximum Gasteiger partial charge on any atom is 0.220 e. The lowest BCUT2D eigenvalue weighted by Gasteiger charge is -2.10. The Bertz CT molecular complexity index is 918. The molecule has 0 saturated heterocycles. The Morgan fingerprint density at radius 3 is 2.73 bits per heavy atom. The Morgan fingerprint density at radius 2 is 1.96 bits per heavy atom. The number of aryl methyl sites for hydroxylation is 2. The molecular formula is C20H23N3O3. The van der Waals surface area contributed by atoms with Gasteiger partial charge in [0.25, 0.3) is 0 Å². The van der Waals surface area contributed by atoms with Gasteiger partial charge < -0.3 is 19.2 Å². The number of amides is 1. The highest BCUT2D eigenvalue weighted by molar-refractivity contribution is 5.76. The van der Waals surface area contributed by atoms with E-state index in [1.54, 1.807) is 14.2 Å². The minimum Gasteiger partial charge on any atom is -0.493 e. The normalized spacial score (nSPS) is 10.7. The lowest BCUT2D eigenvalue weighted by atomic mass is 10.1. The monoisotopic (exact) mass is 353 g/mol. The molecule has 0 radical (unpaired) electrons. The van der Waals surface area contributed by atoms with Crippen molar-refractivity contribution in [1.82, 2.24) is 14.7 Å². The van der Waals surface area contributed by atoms with Gasteiger partial charge in [-0.2, -0.15) is 0 Å². The first kappa shape index (κ1) is 17.8. The largest absolute Gasteiger partial charge is 0.493 e. The molecule has 1 aromatic carbocycles. The number of carbonyl (C=O) groups is 1. The van der Waals surface area contributed by atoms with Crippen molar-refractivity contribution in [3.63, 3.8) is 0 Å². The van der Waals surface area contributed by atoms with Gasteiger partial charge in [0.1, 0.15) is 5.65 Å². The number of hydrogen-bond acceptors (Lipinski definition) is 4. The third-order valence-electron chi connectivity index (χ3n) is 4.37. The highest BCUT2D eigenvalue weighted by Gasteiger charge is 2.10. The smallest absolute Gasteiger partial charge is 0.220 e. The highest BCUT2D eigenvalue weighted by Crippen LogP contribution is 2.27. The number of ether oxygens (including phenoxy) is 2. The molecule has 0 aliphatic heterocycles. The van der Waals surface area contributed by atoms with Crippen LogP contribution >= 0.6 is 0 Å². The summed E-state index contributed by atoms with van der Waals surface area (Å²) in [6, 6.07) is 11.6. The lowest BCUT2D eigenvalue weighted by molar-refractivity contribution is -0.121. The van der Waals surface area contributed by atoms with E-state index in [0.717, 1.165) is 22.6 Å². The lowest BCUT2D eigenvalue weighted by Crippen LogP contribution is -2.24. The number of methoxy groups -OCH3 is 2. The van der Waals surface area contributed by atoms with E-state index in [4.69, 9.17) is 9.47 Å². The van der Waals surface area contributed by atoms with E-state index >= 15 is 0 Å². The summed E-state index contributed by atoms with van der Waals surface area (Å²) in [4.78, 5) is 16.7. The van der Waals surface area contributed by atoms with Crippen LogP contribution < -0.4 is 14.8 Å². The van der Waals surface area contributed by atoms with Gasteiger partial charge >= 0.3 is 0 Å². The molecule has 0 spiro atoms. The van der Waals surface area contributed by atoms with E-state index in [1.165, 1.54) is 0 Å². The number of fused-ring (bicyclic) bond motifs is 1. The van der Waals surface area contributed by atoms with Crippen LogP contribution in [-0.4, -0.2) is 29.5 Å². The molecule has 0 fully saturated rings. The zero-order valence-electron chi connectivity index (χ0n) is 15.3. The van der Waals surface area contributed by atoms with Crippen molar-refractivity contribution < 1.29 is 14.3 Å². The van der Waals surface area contributed by atoms with Crippen LogP contribution in [0.3, 0.4) is 0 Å². The molecule has 6 nitrogen and oxygen atoms in total. The minimum atomic E-state index is 0.00469. The third-order valence-corrected chi connectivity index (χ3v) is 4.37. The molecule has 136 valence electrons. The molecule has 2 aromatic heterocycles. The fraction of sp³-hybridized carbons (Fsp3) is 0.300. The van der Waals surface area contributed by atoms with Crippen molar-refractivity contribution in [1.29, 1.82) is 0 Å². The number of benzene rings is 1. The van der Waals surface area contributed by atoms with Crippen LogP contribution in [0.15, 0.2) is 42.6 Å². The molecule has 0 aliphatic rings. The number of pyridine rings is 1. The van der Waals surface area contributed by atoms with Gasteiger partial charge in [-0.15, -0.1) is 0 Å². The SMILES string of the molecule is COc1ccc(CCC(=O)NCc2c(C)nc3ccccn23)cc1OC. The number of nitrogens with zero attached hydrogens (tertiary/aromatic N) is 2. The summed E-state index contributed by atoms with van der Waals surface area (Å²) in [6.45, 7) is 2.42. The van der Waals surface area contributed by atoms with Gasteiger partial charge in [0.05, 0.1) is 32.2 Å². The second-order valence-corrected chi connectivity index (χ2v) is 6.04. The van der Waals surface area contributed by atoms with Crippen molar-refractivity contribution in [2.45, 2.75) is 26.3 Å². The zero-order chi connectivity index (χ0) is 18.5. The topological polar surface area (TPSA) is 64.9 Å². The predicted octanol–water partition coefficient (Wildman–Crippen LogP) is 2.91. The Hall–Kier alpha value is -3.02. The summed E-state index contributed by atoms with van der Waals surface area (Å²) >= 11 is 0. The Kier molecular flexibility index (Phi) is 5.41. The third kappa shape index (κ3) is 3.79. The molecule has 1 amide bonds. The minimum absolute atomic E-state index is 0.00469. The second kappa shape index (κ2) is 7.91. The molecule has 3 rings (SSSR count).